The van der Waals surface area contributed by atoms with Crippen molar-refractivity contribution in [3.05, 3.63) is 59.8 Å². The number of aromatic nitrogens is 3. The molecule has 3 rings (SSSR count). The van der Waals surface area contributed by atoms with E-state index in [1.807, 2.05) is 31.3 Å². The molecule has 0 bridgehead atoms. The van der Waals surface area contributed by atoms with E-state index < -0.39 is 5.82 Å². The summed E-state index contributed by atoms with van der Waals surface area (Å²) in [6.07, 6.45) is 1.83. The Morgan fingerprint density at radius 2 is 2.04 bits per heavy atom. The van der Waals surface area contributed by atoms with E-state index in [1.54, 1.807) is 35.5 Å². The molecule has 0 radical (unpaired) electrons. The molecule has 1 atom stereocenters. The fourth-order valence-corrected chi connectivity index (χ4v) is 2.51. The molecule has 124 valence electrons. The monoisotopic (exact) mass is 327 g/mol. The summed E-state index contributed by atoms with van der Waals surface area (Å²) in [4.78, 5) is 14.0. The Morgan fingerprint density at radius 1 is 1.25 bits per heavy atom. The minimum Gasteiger partial charge on any atom is -0.375 e. The average Bonchev–Trinajstić information content (AvgIpc) is 2.98. The van der Waals surface area contributed by atoms with E-state index in [2.05, 4.69) is 15.5 Å². The number of rotatable bonds is 4. The van der Waals surface area contributed by atoms with Crippen molar-refractivity contribution < 1.29 is 9.18 Å². The summed E-state index contributed by atoms with van der Waals surface area (Å²) in [6, 6.07) is 9.62. The molecule has 0 aliphatic rings. The summed E-state index contributed by atoms with van der Waals surface area (Å²) in [5, 5.41) is 11.0. The van der Waals surface area contributed by atoms with Crippen LogP contribution < -0.4 is 10.2 Å². The van der Waals surface area contributed by atoms with Gasteiger partial charge in [0.05, 0.1) is 11.7 Å². The van der Waals surface area contributed by atoms with Crippen LogP contribution in [0.1, 0.15) is 29.1 Å². The van der Waals surface area contributed by atoms with Gasteiger partial charge in [0.2, 0.25) is 0 Å². The molecule has 2 heterocycles. The number of benzene rings is 1. The lowest BCUT2D eigenvalue weighted by Crippen LogP contribution is -2.28. The molecule has 0 saturated heterocycles. The molecule has 0 aliphatic heterocycles. The number of fused-ring (bicyclic) bond motifs is 1. The van der Waals surface area contributed by atoms with Gasteiger partial charge in [-0.3, -0.25) is 9.20 Å². The van der Waals surface area contributed by atoms with Crippen LogP contribution in [0.2, 0.25) is 0 Å². The molecular formula is C17H18FN5O. The third-order valence-electron chi connectivity index (χ3n) is 3.77. The Bertz CT molecular complexity index is 890. The van der Waals surface area contributed by atoms with Crippen molar-refractivity contribution in [1.29, 1.82) is 0 Å². The van der Waals surface area contributed by atoms with Gasteiger partial charge in [-0.15, -0.1) is 10.2 Å². The number of anilines is 1. The quantitative estimate of drug-likeness (QED) is 0.799. The maximum atomic E-state index is 14.0. The first kappa shape index (κ1) is 15.9. The van der Waals surface area contributed by atoms with Gasteiger partial charge in [0, 0.05) is 25.9 Å². The van der Waals surface area contributed by atoms with E-state index in [0.717, 1.165) is 0 Å². The molecule has 1 amide bonds. The zero-order valence-corrected chi connectivity index (χ0v) is 13.7. The van der Waals surface area contributed by atoms with Crippen LogP contribution in [-0.4, -0.2) is 34.6 Å². The molecule has 0 aliphatic carbocycles. The maximum absolute atomic E-state index is 14.0. The zero-order chi connectivity index (χ0) is 17.3. The predicted octanol–water partition coefficient (Wildman–Crippen LogP) is 2.43. The van der Waals surface area contributed by atoms with E-state index in [9.17, 15) is 9.18 Å². The molecule has 3 aromatic rings. The van der Waals surface area contributed by atoms with Crippen molar-refractivity contribution in [2.45, 2.75) is 13.0 Å². The van der Waals surface area contributed by atoms with Crippen LogP contribution in [-0.2, 0) is 0 Å². The van der Waals surface area contributed by atoms with Crippen LogP contribution in [0.5, 0.6) is 0 Å². The summed E-state index contributed by atoms with van der Waals surface area (Å²) in [5.41, 5.74) is 1.40. The lowest BCUT2D eigenvalue weighted by atomic mass is 10.1. The second-order valence-electron chi connectivity index (χ2n) is 5.74. The van der Waals surface area contributed by atoms with Crippen molar-refractivity contribution in [2.24, 2.45) is 0 Å². The summed E-state index contributed by atoms with van der Waals surface area (Å²) in [7, 11) is 3.49. The van der Waals surface area contributed by atoms with E-state index >= 15 is 0 Å². The number of nitrogens with one attached hydrogen (secondary N) is 1. The fraction of sp³-hybridized carbons (Fsp3) is 0.235. The lowest BCUT2D eigenvalue weighted by Gasteiger charge is -2.15. The van der Waals surface area contributed by atoms with Gasteiger partial charge in [0.1, 0.15) is 5.82 Å². The molecule has 1 aromatic carbocycles. The molecule has 0 spiro atoms. The third-order valence-corrected chi connectivity index (χ3v) is 3.77. The van der Waals surface area contributed by atoms with Crippen LogP contribution >= 0.6 is 0 Å². The molecule has 0 fully saturated rings. The standard InChI is InChI=1S/C17H18FN5O/c1-11(16-21-20-15-6-4-5-9-23(15)16)19-17(24)12-7-8-14(22(2)3)13(18)10-12/h4-11H,1-3H3,(H,19,24). The van der Waals surface area contributed by atoms with Crippen molar-refractivity contribution in [3.8, 4) is 0 Å². The average molecular weight is 327 g/mol. The van der Waals surface area contributed by atoms with Crippen molar-refractivity contribution in [3.63, 3.8) is 0 Å². The van der Waals surface area contributed by atoms with Gasteiger partial charge in [-0.1, -0.05) is 6.07 Å². The molecule has 0 saturated carbocycles. The Balaban J connectivity index is 1.80. The molecule has 6 nitrogen and oxygen atoms in total. The zero-order valence-electron chi connectivity index (χ0n) is 13.7. The van der Waals surface area contributed by atoms with Crippen molar-refractivity contribution in [2.75, 3.05) is 19.0 Å². The molecule has 1 N–H and O–H groups in total. The highest BCUT2D eigenvalue weighted by molar-refractivity contribution is 5.94. The SMILES string of the molecule is CC(NC(=O)c1ccc(N(C)C)c(F)c1)c1nnc2ccccn12. The Hall–Kier alpha value is -2.96. The number of pyridine rings is 1. The number of hydrogen-bond acceptors (Lipinski definition) is 4. The smallest absolute Gasteiger partial charge is 0.251 e. The predicted molar refractivity (Wildman–Crippen MR) is 89.6 cm³/mol. The summed E-state index contributed by atoms with van der Waals surface area (Å²) >= 11 is 0. The molecule has 2 aromatic heterocycles. The molecule has 1 unspecified atom stereocenters. The maximum Gasteiger partial charge on any atom is 0.251 e. The minimum atomic E-state index is -0.437. The van der Waals surface area contributed by atoms with E-state index in [-0.39, 0.29) is 17.5 Å². The van der Waals surface area contributed by atoms with Gasteiger partial charge < -0.3 is 10.2 Å². The van der Waals surface area contributed by atoms with Gasteiger partial charge in [-0.05, 0) is 37.3 Å². The molecule has 24 heavy (non-hydrogen) atoms. The number of nitrogens with zero attached hydrogens (tertiary/aromatic N) is 4. The highest BCUT2D eigenvalue weighted by Crippen LogP contribution is 2.19. The summed E-state index contributed by atoms with van der Waals surface area (Å²) < 4.78 is 15.8. The van der Waals surface area contributed by atoms with Gasteiger partial charge in [0.15, 0.2) is 11.5 Å². The van der Waals surface area contributed by atoms with Crippen LogP contribution in [0.4, 0.5) is 10.1 Å². The van der Waals surface area contributed by atoms with Gasteiger partial charge in [0.25, 0.3) is 5.91 Å². The Morgan fingerprint density at radius 3 is 2.75 bits per heavy atom. The van der Waals surface area contributed by atoms with Gasteiger partial charge >= 0.3 is 0 Å². The Labute approximate surface area is 138 Å². The van der Waals surface area contributed by atoms with Crippen molar-refractivity contribution >= 4 is 17.2 Å². The van der Waals surface area contributed by atoms with Crippen LogP contribution in [0.3, 0.4) is 0 Å². The topological polar surface area (TPSA) is 62.5 Å². The van der Waals surface area contributed by atoms with Crippen molar-refractivity contribution in [1.82, 2.24) is 19.9 Å². The fourth-order valence-electron chi connectivity index (χ4n) is 2.51. The highest BCUT2D eigenvalue weighted by atomic mass is 19.1. The van der Waals surface area contributed by atoms with E-state index in [4.69, 9.17) is 0 Å². The number of carbonyl (C=O) groups is 1. The van der Waals surface area contributed by atoms with Gasteiger partial charge in [-0.25, -0.2) is 4.39 Å². The molecular weight excluding hydrogens is 309 g/mol. The molecule has 7 heteroatoms. The minimum absolute atomic E-state index is 0.263. The number of amides is 1. The van der Waals surface area contributed by atoms with Crippen LogP contribution in [0.15, 0.2) is 42.6 Å². The summed E-state index contributed by atoms with van der Waals surface area (Å²) in [6.45, 7) is 1.81. The largest absolute Gasteiger partial charge is 0.375 e. The summed E-state index contributed by atoms with van der Waals surface area (Å²) in [5.74, 6) is -0.183. The first-order valence-electron chi connectivity index (χ1n) is 7.55. The number of carbonyl (C=O) groups excluding carboxylic acids is 1. The van der Waals surface area contributed by atoms with E-state index in [1.165, 1.54) is 6.07 Å². The Kier molecular flexibility index (Phi) is 4.16. The number of halogens is 1. The first-order valence-corrected chi connectivity index (χ1v) is 7.55. The third kappa shape index (κ3) is 2.92. The van der Waals surface area contributed by atoms with E-state index in [0.29, 0.717) is 17.2 Å². The highest BCUT2D eigenvalue weighted by Gasteiger charge is 2.17. The second-order valence-corrected chi connectivity index (χ2v) is 5.74. The van der Waals surface area contributed by atoms with Crippen LogP contribution in [0.25, 0.3) is 5.65 Å². The van der Waals surface area contributed by atoms with Gasteiger partial charge in [-0.2, -0.15) is 0 Å². The first-order chi connectivity index (χ1) is 11.5. The van der Waals surface area contributed by atoms with Crippen LogP contribution in [0, 0.1) is 5.82 Å². The second kappa shape index (κ2) is 6.27. The number of hydrogen-bond donors (Lipinski definition) is 1. The lowest BCUT2D eigenvalue weighted by molar-refractivity contribution is 0.0937. The normalized spacial score (nSPS) is 12.2.